The average Bonchev–Trinajstić information content (AvgIpc) is 3.27. The van der Waals surface area contributed by atoms with Gasteiger partial charge in [0.05, 0.1) is 11.3 Å². The summed E-state index contributed by atoms with van der Waals surface area (Å²) in [5, 5.41) is 3.74. The molecule has 0 N–H and O–H groups in total. The largest absolute Gasteiger partial charge is 0.337 e. The molecule has 2 atom stereocenters. The number of fused-ring (bicyclic) bond motifs is 12. The monoisotopic (exact) mass is 476 g/mol. The predicted molar refractivity (Wildman–Crippen MR) is 88.4 cm³/mol. The van der Waals surface area contributed by atoms with Crippen LogP contribution in [0.3, 0.4) is 0 Å². The third-order valence-corrected chi connectivity index (χ3v) is 5.66. The van der Waals surface area contributed by atoms with Crippen LogP contribution in [-0.4, -0.2) is 9.38 Å². The number of hydrogen-bond donors (Lipinski definition) is 0. The zero-order valence-corrected chi connectivity index (χ0v) is 14.9. The first-order valence-electron chi connectivity index (χ1n) is 8.15. The fraction of sp³-hybridized carbons (Fsp3) is 0.250. The number of hydrogen-bond acceptors (Lipinski definition) is 1. The molecule has 4 aromatic rings. The van der Waals surface area contributed by atoms with Crippen LogP contribution in [0.4, 0.5) is 0 Å². The molecule has 0 amide bonds. The van der Waals surface area contributed by atoms with E-state index in [-0.39, 0.29) is 20.1 Å². The minimum absolute atomic E-state index is 0. The molecular formula is C20H15IrN2-. The van der Waals surface area contributed by atoms with Gasteiger partial charge in [0, 0.05) is 43.2 Å². The molecular weight excluding hydrogens is 460 g/mol. The number of imidazole rings is 1. The molecule has 2 nitrogen and oxygen atoms in total. The molecule has 2 aliphatic rings. The summed E-state index contributed by atoms with van der Waals surface area (Å²) in [5.74, 6) is 1.40. The van der Waals surface area contributed by atoms with Crippen LogP contribution in [0, 0.1) is 6.07 Å². The molecule has 2 bridgehead atoms. The zero-order chi connectivity index (χ0) is 14.3. The second kappa shape index (κ2) is 4.66. The molecule has 6 rings (SSSR count). The molecule has 115 valence electrons. The van der Waals surface area contributed by atoms with Crippen molar-refractivity contribution in [1.29, 1.82) is 0 Å². The van der Waals surface area contributed by atoms with Crippen LogP contribution in [0.1, 0.15) is 42.5 Å². The van der Waals surface area contributed by atoms with Gasteiger partial charge in [-0.25, -0.2) is 0 Å². The SMILES string of the molecule is [Ir].[c-]1cccc2c1c1nc3c(n1c1ccccc21)C1CCC3C1. The van der Waals surface area contributed by atoms with Gasteiger partial charge >= 0.3 is 0 Å². The Morgan fingerprint density at radius 2 is 1.83 bits per heavy atom. The molecule has 2 unspecified atom stereocenters. The molecule has 1 saturated carbocycles. The molecule has 0 aliphatic heterocycles. The summed E-state index contributed by atoms with van der Waals surface area (Å²) in [6.07, 6.45) is 3.96. The van der Waals surface area contributed by atoms with Crippen LogP contribution in [0.5, 0.6) is 0 Å². The zero-order valence-electron chi connectivity index (χ0n) is 12.5. The van der Waals surface area contributed by atoms with E-state index in [4.69, 9.17) is 4.98 Å². The van der Waals surface area contributed by atoms with Crippen LogP contribution in [0.25, 0.3) is 27.3 Å². The molecule has 3 heteroatoms. The number of para-hydroxylation sites is 1. The Labute approximate surface area is 147 Å². The van der Waals surface area contributed by atoms with Gasteiger partial charge in [0.1, 0.15) is 0 Å². The molecule has 2 aliphatic carbocycles. The minimum atomic E-state index is 0. The third-order valence-electron chi connectivity index (χ3n) is 5.66. The molecule has 23 heavy (non-hydrogen) atoms. The smallest absolute Gasteiger partial charge is 0.0614 e. The van der Waals surface area contributed by atoms with Crippen LogP contribution < -0.4 is 0 Å². The van der Waals surface area contributed by atoms with Gasteiger partial charge in [0.2, 0.25) is 0 Å². The second-order valence-corrected chi connectivity index (χ2v) is 6.72. The van der Waals surface area contributed by atoms with E-state index >= 15 is 0 Å². The van der Waals surface area contributed by atoms with Crippen molar-refractivity contribution >= 4 is 27.3 Å². The molecule has 0 spiro atoms. The predicted octanol–water partition coefficient (Wildman–Crippen LogP) is 4.80. The van der Waals surface area contributed by atoms with Crippen molar-refractivity contribution in [2.75, 3.05) is 0 Å². The van der Waals surface area contributed by atoms with Gasteiger partial charge in [0.15, 0.2) is 0 Å². The topological polar surface area (TPSA) is 17.3 Å². The summed E-state index contributed by atoms with van der Waals surface area (Å²) in [6, 6.07) is 18.5. The molecule has 1 fully saturated rings. The minimum Gasteiger partial charge on any atom is -0.337 e. The van der Waals surface area contributed by atoms with Gasteiger partial charge in [-0.1, -0.05) is 23.6 Å². The van der Waals surface area contributed by atoms with Gasteiger partial charge in [-0.2, -0.15) is 0 Å². The van der Waals surface area contributed by atoms with E-state index in [0.29, 0.717) is 11.8 Å². The van der Waals surface area contributed by atoms with Crippen molar-refractivity contribution in [2.45, 2.75) is 31.1 Å². The van der Waals surface area contributed by atoms with Crippen molar-refractivity contribution in [1.82, 2.24) is 9.38 Å². The summed E-state index contributed by atoms with van der Waals surface area (Å²) >= 11 is 0. The number of pyridine rings is 1. The summed E-state index contributed by atoms with van der Waals surface area (Å²) in [4.78, 5) is 5.09. The maximum atomic E-state index is 5.09. The first kappa shape index (κ1) is 13.7. The third kappa shape index (κ3) is 1.59. The number of benzene rings is 2. The normalized spacial score (nSPS) is 21.9. The van der Waals surface area contributed by atoms with Crippen LogP contribution in [-0.2, 0) is 20.1 Å². The van der Waals surface area contributed by atoms with Crippen molar-refractivity contribution in [3.05, 3.63) is 59.9 Å². The van der Waals surface area contributed by atoms with E-state index < -0.39 is 0 Å². The first-order valence-corrected chi connectivity index (χ1v) is 8.15. The van der Waals surface area contributed by atoms with Crippen molar-refractivity contribution < 1.29 is 20.1 Å². The molecule has 2 aromatic carbocycles. The van der Waals surface area contributed by atoms with Crippen molar-refractivity contribution in [2.24, 2.45) is 0 Å². The molecule has 2 heterocycles. The average molecular weight is 476 g/mol. The van der Waals surface area contributed by atoms with Gasteiger partial charge in [-0.05, 0) is 30.7 Å². The van der Waals surface area contributed by atoms with Gasteiger partial charge < -0.3 is 4.40 Å². The maximum absolute atomic E-state index is 5.09. The van der Waals surface area contributed by atoms with E-state index in [0.717, 1.165) is 11.0 Å². The van der Waals surface area contributed by atoms with Gasteiger partial charge in [-0.15, -0.1) is 29.7 Å². The van der Waals surface area contributed by atoms with Gasteiger partial charge in [-0.3, -0.25) is 4.98 Å². The van der Waals surface area contributed by atoms with Gasteiger partial charge in [0.25, 0.3) is 0 Å². The Bertz CT molecular complexity index is 1080. The van der Waals surface area contributed by atoms with Crippen LogP contribution >= 0.6 is 0 Å². The standard InChI is InChI=1S/C20H15N2.Ir/c1-2-7-16-14(5-1)15-6-3-4-8-17(15)22-19-13-10-9-12(11-13)18(19)21-20(16)22;/h1-6,8,12-13H,9-11H2;/q-1;. The van der Waals surface area contributed by atoms with E-state index in [9.17, 15) is 0 Å². The number of rotatable bonds is 0. The van der Waals surface area contributed by atoms with E-state index in [1.165, 1.54) is 46.9 Å². The van der Waals surface area contributed by atoms with E-state index in [1.807, 2.05) is 6.07 Å². The van der Waals surface area contributed by atoms with E-state index in [1.54, 1.807) is 0 Å². The second-order valence-electron chi connectivity index (χ2n) is 6.72. The fourth-order valence-corrected chi connectivity index (χ4v) is 4.77. The maximum Gasteiger partial charge on any atom is 0.0614 e. The summed E-state index contributed by atoms with van der Waals surface area (Å²) in [7, 11) is 0. The Morgan fingerprint density at radius 1 is 1.00 bits per heavy atom. The quantitative estimate of drug-likeness (QED) is 0.264. The summed E-state index contributed by atoms with van der Waals surface area (Å²) in [5.41, 5.74) is 5.26. The van der Waals surface area contributed by atoms with Crippen molar-refractivity contribution in [3.8, 4) is 0 Å². The van der Waals surface area contributed by atoms with Crippen LogP contribution in [0.15, 0.2) is 42.5 Å². The van der Waals surface area contributed by atoms with Crippen molar-refractivity contribution in [3.63, 3.8) is 0 Å². The number of aromatic nitrogens is 2. The molecule has 1 radical (unpaired) electrons. The Balaban J connectivity index is 0.00000121. The summed E-state index contributed by atoms with van der Waals surface area (Å²) in [6.45, 7) is 0. The Hall–Kier alpha value is -1.70. The fourth-order valence-electron chi connectivity index (χ4n) is 4.77. The first-order chi connectivity index (χ1) is 10.9. The summed E-state index contributed by atoms with van der Waals surface area (Å²) < 4.78 is 2.44. The molecule has 0 saturated heterocycles. The van der Waals surface area contributed by atoms with Crippen LogP contribution in [0.2, 0.25) is 0 Å². The number of nitrogens with zero attached hydrogens (tertiary/aromatic N) is 2. The Morgan fingerprint density at radius 3 is 2.78 bits per heavy atom. The van der Waals surface area contributed by atoms with E-state index in [2.05, 4.69) is 46.9 Å². The molecule has 2 aromatic heterocycles. The Kier molecular flexibility index (Phi) is 2.78.